The molecule has 0 atom stereocenters. The van der Waals surface area contributed by atoms with Gasteiger partial charge in [0.15, 0.2) is 0 Å². The van der Waals surface area contributed by atoms with Gasteiger partial charge in [-0.2, -0.15) is 0 Å². The van der Waals surface area contributed by atoms with Gasteiger partial charge in [-0.05, 0) is 44.6 Å². The normalized spacial score (nSPS) is 17.9. The molecule has 0 N–H and O–H groups in total. The Bertz CT molecular complexity index is 386. The van der Waals surface area contributed by atoms with Gasteiger partial charge in [0, 0.05) is 0 Å². The van der Waals surface area contributed by atoms with Crippen LogP contribution in [0.5, 0.6) is 0 Å². The summed E-state index contributed by atoms with van der Waals surface area (Å²) in [5.41, 5.74) is 7.42. The van der Waals surface area contributed by atoms with E-state index in [-0.39, 0.29) is 0 Å². The maximum absolute atomic E-state index is 4.15. The summed E-state index contributed by atoms with van der Waals surface area (Å²) < 4.78 is 0. The molecule has 0 saturated carbocycles. The third-order valence-corrected chi connectivity index (χ3v) is 3.74. The molecule has 0 amide bonds. The SMILES string of the molecule is C=C(/C=C1/CC(CC)=C(/C(C)=C\C)C1)C(C)C.CC. The predicted molar refractivity (Wildman–Crippen MR) is 89.4 cm³/mol. The summed E-state index contributed by atoms with van der Waals surface area (Å²) in [6.45, 7) is 19.2. The zero-order valence-electron chi connectivity index (χ0n) is 14.1. The zero-order chi connectivity index (χ0) is 15.0. The van der Waals surface area contributed by atoms with Crippen LogP contribution in [0.15, 0.2) is 46.6 Å². The van der Waals surface area contributed by atoms with Gasteiger partial charge in [0.25, 0.3) is 0 Å². The standard InChI is InChI=1S/C17H26.C2H6/c1-7-13(5)17-11-15(10-16(17)8-2)9-14(6)12(3)4;1-2/h7,9,12H,6,8,10-11H2,1-5H3;1-2H3/b13-7-,15-9-;. The highest BCUT2D eigenvalue weighted by molar-refractivity contribution is 5.46. The highest BCUT2D eigenvalue weighted by Crippen LogP contribution is 2.37. The monoisotopic (exact) mass is 260 g/mol. The van der Waals surface area contributed by atoms with E-state index in [1.165, 1.54) is 23.1 Å². The largest absolute Gasteiger partial charge is 0.0956 e. The van der Waals surface area contributed by atoms with Crippen LogP contribution < -0.4 is 0 Å². The average molecular weight is 260 g/mol. The van der Waals surface area contributed by atoms with Gasteiger partial charge in [-0.15, -0.1) is 0 Å². The first kappa shape index (κ1) is 18.0. The van der Waals surface area contributed by atoms with Crippen molar-refractivity contribution in [3.05, 3.63) is 46.6 Å². The van der Waals surface area contributed by atoms with Gasteiger partial charge in [-0.1, -0.05) is 75.6 Å². The molecule has 0 fully saturated rings. The number of hydrogen-bond acceptors (Lipinski definition) is 0. The molecule has 0 radical (unpaired) electrons. The molecule has 0 heteroatoms. The van der Waals surface area contributed by atoms with E-state index in [1.807, 2.05) is 13.8 Å². The Balaban J connectivity index is 0.00000154. The first-order valence-corrected chi connectivity index (χ1v) is 7.72. The lowest BCUT2D eigenvalue weighted by molar-refractivity contribution is 0.791. The average Bonchev–Trinajstić information content (AvgIpc) is 2.82. The molecule has 0 heterocycles. The molecule has 1 rings (SSSR count). The molecule has 1 aliphatic rings. The molecule has 0 bridgehead atoms. The van der Waals surface area contributed by atoms with Crippen LogP contribution in [0.4, 0.5) is 0 Å². The second-order valence-electron chi connectivity index (χ2n) is 5.29. The Morgan fingerprint density at radius 2 is 1.84 bits per heavy atom. The summed E-state index contributed by atoms with van der Waals surface area (Å²) in [7, 11) is 0. The lowest BCUT2D eigenvalue weighted by atomic mass is 10.00. The Kier molecular flexibility index (Phi) is 8.47. The molecule has 0 aromatic carbocycles. The highest BCUT2D eigenvalue weighted by atomic mass is 14.2. The van der Waals surface area contributed by atoms with E-state index in [1.54, 1.807) is 11.1 Å². The van der Waals surface area contributed by atoms with Crippen LogP contribution in [0.3, 0.4) is 0 Å². The maximum atomic E-state index is 4.15. The molecule has 19 heavy (non-hydrogen) atoms. The third-order valence-electron chi connectivity index (χ3n) is 3.74. The van der Waals surface area contributed by atoms with Crippen LogP contribution in [0.1, 0.15) is 67.7 Å². The van der Waals surface area contributed by atoms with Crippen molar-refractivity contribution < 1.29 is 0 Å². The van der Waals surface area contributed by atoms with E-state index in [0.29, 0.717) is 5.92 Å². The van der Waals surface area contributed by atoms with E-state index in [4.69, 9.17) is 0 Å². The number of hydrogen-bond donors (Lipinski definition) is 0. The molecule has 0 unspecified atom stereocenters. The van der Waals surface area contributed by atoms with Crippen molar-refractivity contribution in [1.29, 1.82) is 0 Å². The van der Waals surface area contributed by atoms with E-state index >= 15 is 0 Å². The summed E-state index contributed by atoms with van der Waals surface area (Å²) in [6, 6.07) is 0. The van der Waals surface area contributed by atoms with Gasteiger partial charge in [0.1, 0.15) is 0 Å². The van der Waals surface area contributed by atoms with Crippen LogP contribution in [-0.2, 0) is 0 Å². The van der Waals surface area contributed by atoms with Crippen molar-refractivity contribution in [2.24, 2.45) is 5.92 Å². The Labute approximate surface area is 121 Å². The van der Waals surface area contributed by atoms with E-state index < -0.39 is 0 Å². The fourth-order valence-electron chi connectivity index (χ4n) is 2.26. The lowest BCUT2D eigenvalue weighted by Crippen LogP contribution is -1.90. The van der Waals surface area contributed by atoms with Crippen molar-refractivity contribution in [3.63, 3.8) is 0 Å². The van der Waals surface area contributed by atoms with E-state index in [9.17, 15) is 0 Å². The molecule has 0 aromatic heterocycles. The van der Waals surface area contributed by atoms with E-state index in [0.717, 1.165) is 12.8 Å². The summed E-state index contributed by atoms with van der Waals surface area (Å²) in [6.07, 6.45) is 8.00. The Morgan fingerprint density at radius 1 is 1.26 bits per heavy atom. The first-order chi connectivity index (χ1) is 8.99. The quantitative estimate of drug-likeness (QED) is 0.533. The smallest absolute Gasteiger partial charge is 0.00585 e. The minimum absolute atomic E-state index is 0.555. The minimum atomic E-state index is 0.555. The maximum Gasteiger partial charge on any atom is -0.00585 e. The van der Waals surface area contributed by atoms with Gasteiger partial charge in [0.05, 0.1) is 0 Å². The third kappa shape index (κ3) is 5.22. The second kappa shape index (κ2) is 8.96. The Hall–Kier alpha value is -1.04. The van der Waals surface area contributed by atoms with Crippen molar-refractivity contribution in [1.82, 2.24) is 0 Å². The molecule has 108 valence electrons. The van der Waals surface area contributed by atoms with Crippen LogP contribution >= 0.6 is 0 Å². The summed E-state index contributed by atoms with van der Waals surface area (Å²) in [5, 5.41) is 0. The minimum Gasteiger partial charge on any atom is -0.0956 e. The van der Waals surface area contributed by atoms with Gasteiger partial charge in [-0.3, -0.25) is 0 Å². The fourth-order valence-corrected chi connectivity index (χ4v) is 2.26. The molecule has 0 aromatic rings. The van der Waals surface area contributed by atoms with Gasteiger partial charge in [-0.25, -0.2) is 0 Å². The van der Waals surface area contributed by atoms with Gasteiger partial charge < -0.3 is 0 Å². The number of allylic oxidation sites excluding steroid dienone is 7. The van der Waals surface area contributed by atoms with E-state index in [2.05, 4.69) is 53.3 Å². The number of rotatable bonds is 4. The van der Waals surface area contributed by atoms with Crippen molar-refractivity contribution >= 4 is 0 Å². The van der Waals surface area contributed by atoms with Crippen molar-refractivity contribution in [3.8, 4) is 0 Å². The molecule has 0 aliphatic heterocycles. The lowest BCUT2D eigenvalue weighted by Gasteiger charge is -2.06. The Morgan fingerprint density at radius 3 is 2.26 bits per heavy atom. The van der Waals surface area contributed by atoms with Crippen LogP contribution in [0.2, 0.25) is 0 Å². The topological polar surface area (TPSA) is 0 Å². The van der Waals surface area contributed by atoms with Gasteiger partial charge in [0.2, 0.25) is 0 Å². The molecule has 0 spiro atoms. The molecule has 1 aliphatic carbocycles. The summed E-state index contributed by atoms with van der Waals surface area (Å²) in [5.74, 6) is 0.555. The zero-order valence-corrected chi connectivity index (χ0v) is 14.1. The highest BCUT2D eigenvalue weighted by Gasteiger charge is 2.18. The molecule has 0 saturated heterocycles. The second-order valence-corrected chi connectivity index (χ2v) is 5.29. The van der Waals surface area contributed by atoms with Crippen LogP contribution in [0.25, 0.3) is 0 Å². The first-order valence-electron chi connectivity index (χ1n) is 7.72. The molecule has 0 nitrogen and oxygen atoms in total. The fraction of sp³-hybridized carbons (Fsp3) is 0.579. The predicted octanol–water partition coefficient (Wildman–Crippen LogP) is 6.62. The molecular formula is C19H32. The van der Waals surface area contributed by atoms with Crippen molar-refractivity contribution in [2.75, 3.05) is 0 Å². The van der Waals surface area contributed by atoms with Crippen LogP contribution in [0, 0.1) is 5.92 Å². The van der Waals surface area contributed by atoms with Crippen LogP contribution in [-0.4, -0.2) is 0 Å². The molecular weight excluding hydrogens is 228 g/mol. The summed E-state index contributed by atoms with van der Waals surface area (Å²) >= 11 is 0. The van der Waals surface area contributed by atoms with Gasteiger partial charge >= 0.3 is 0 Å². The summed E-state index contributed by atoms with van der Waals surface area (Å²) in [4.78, 5) is 0. The van der Waals surface area contributed by atoms with Crippen molar-refractivity contribution in [2.45, 2.75) is 67.7 Å².